The molecule has 1 aliphatic carbocycles. The fourth-order valence-electron chi connectivity index (χ4n) is 2.42. The van der Waals surface area contributed by atoms with Crippen LogP contribution < -0.4 is 0 Å². The van der Waals surface area contributed by atoms with Gasteiger partial charge < -0.3 is 9.84 Å². The second-order valence-corrected chi connectivity index (χ2v) is 5.32. The van der Waals surface area contributed by atoms with Crippen LogP contribution in [0.2, 0.25) is 0 Å². The number of rotatable bonds is 6. The predicted molar refractivity (Wildman–Crippen MR) is 83.3 cm³/mol. The third kappa shape index (κ3) is 3.39. The molecule has 0 saturated heterocycles. The molecule has 22 heavy (non-hydrogen) atoms. The van der Waals surface area contributed by atoms with Gasteiger partial charge in [0.1, 0.15) is 11.6 Å². The average Bonchev–Trinajstić information content (AvgIpc) is 3.24. The van der Waals surface area contributed by atoms with Crippen LogP contribution in [0, 0.1) is 11.3 Å². The highest BCUT2D eigenvalue weighted by Crippen LogP contribution is 2.54. The largest absolute Gasteiger partial charge is 0.491 e. The topological polar surface area (TPSA) is 95.6 Å². The maximum absolute atomic E-state index is 11.3. The van der Waals surface area contributed by atoms with Crippen LogP contribution in [-0.2, 0) is 14.9 Å². The van der Waals surface area contributed by atoms with Gasteiger partial charge in [0.05, 0.1) is 18.7 Å². The quantitative estimate of drug-likeness (QED) is 0.479. The molecule has 2 unspecified atom stereocenters. The molecule has 0 amide bonds. The third-order valence-corrected chi connectivity index (χ3v) is 3.78. The van der Waals surface area contributed by atoms with E-state index in [9.17, 15) is 9.90 Å². The molecular weight excluding hydrogens is 282 g/mol. The zero-order chi connectivity index (χ0) is 16.2. The molecule has 6 heteroatoms. The Labute approximate surface area is 129 Å². The van der Waals surface area contributed by atoms with E-state index >= 15 is 0 Å². The number of amidine groups is 1. The van der Waals surface area contributed by atoms with E-state index in [0.29, 0.717) is 12.2 Å². The van der Waals surface area contributed by atoms with Gasteiger partial charge in [-0.15, -0.1) is 0 Å². The Morgan fingerprint density at radius 1 is 1.68 bits per heavy atom. The van der Waals surface area contributed by atoms with E-state index < -0.39 is 17.3 Å². The summed E-state index contributed by atoms with van der Waals surface area (Å²) in [5.41, 5.74) is 0.333. The summed E-state index contributed by atoms with van der Waals surface area (Å²) in [5.74, 6) is -0.583. The fourth-order valence-corrected chi connectivity index (χ4v) is 2.42. The van der Waals surface area contributed by atoms with Crippen molar-refractivity contribution in [1.82, 2.24) is 4.98 Å². The van der Waals surface area contributed by atoms with Gasteiger partial charge in [0.15, 0.2) is 0 Å². The first kappa shape index (κ1) is 15.9. The SMILES string of the molecule is C/C=C(/C=N\C(C)=N)OCC1(c2cccnc2)CC1C(=O)O. The first-order valence-electron chi connectivity index (χ1n) is 7.01. The molecule has 1 saturated carbocycles. The number of nitrogens with one attached hydrogen (secondary N) is 1. The summed E-state index contributed by atoms with van der Waals surface area (Å²) < 4.78 is 5.73. The fraction of sp³-hybridized carbons (Fsp3) is 0.375. The number of carboxylic acid groups (broad SMARTS) is 1. The second kappa shape index (κ2) is 6.51. The normalized spacial score (nSPS) is 24.3. The summed E-state index contributed by atoms with van der Waals surface area (Å²) in [5, 5.41) is 16.6. The molecule has 1 fully saturated rings. The minimum atomic E-state index is -0.821. The molecule has 0 radical (unpaired) electrons. The molecular formula is C16H19N3O3. The molecule has 0 aliphatic heterocycles. The van der Waals surface area contributed by atoms with E-state index in [1.807, 2.05) is 6.07 Å². The van der Waals surface area contributed by atoms with Gasteiger partial charge in [0.25, 0.3) is 0 Å². The number of aliphatic carboxylic acids is 1. The lowest BCUT2D eigenvalue weighted by Crippen LogP contribution is -2.22. The molecule has 1 heterocycles. The van der Waals surface area contributed by atoms with Crippen LogP contribution in [-0.4, -0.2) is 34.7 Å². The van der Waals surface area contributed by atoms with Gasteiger partial charge in [0.2, 0.25) is 0 Å². The first-order valence-corrected chi connectivity index (χ1v) is 7.01. The number of hydrogen-bond donors (Lipinski definition) is 2. The number of hydrogen-bond acceptors (Lipinski definition) is 4. The van der Waals surface area contributed by atoms with Crippen molar-refractivity contribution < 1.29 is 14.6 Å². The number of nitrogens with zero attached hydrogens (tertiary/aromatic N) is 2. The van der Waals surface area contributed by atoms with E-state index in [4.69, 9.17) is 10.1 Å². The van der Waals surface area contributed by atoms with Crippen LogP contribution in [0.3, 0.4) is 0 Å². The molecule has 0 spiro atoms. The zero-order valence-corrected chi connectivity index (χ0v) is 12.6. The zero-order valence-electron chi connectivity index (χ0n) is 12.6. The van der Waals surface area contributed by atoms with Crippen LogP contribution in [0.5, 0.6) is 0 Å². The number of aromatic nitrogens is 1. The van der Waals surface area contributed by atoms with Gasteiger partial charge in [-0.25, -0.2) is 4.99 Å². The van der Waals surface area contributed by atoms with Gasteiger partial charge in [-0.1, -0.05) is 6.07 Å². The molecule has 1 aromatic heterocycles. The molecule has 1 aromatic rings. The Morgan fingerprint density at radius 2 is 2.45 bits per heavy atom. The minimum absolute atomic E-state index is 0.180. The van der Waals surface area contributed by atoms with Crippen molar-refractivity contribution >= 4 is 18.0 Å². The summed E-state index contributed by atoms with van der Waals surface area (Å²) in [6, 6.07) is 3.68. The van der Waals surface area contributed by atoms with Crippen molar-refractivity contribution in [3.63, 3.8) is 0 Å². The van der Waals surface area contributed by atoms with Crippen LogP contribution >= 0.6 is 0 Å². The molecule has 0 bridgehead atoms. The van der Waals surface area contributed by atoms with E-state index in [1.54, 1.807) is 38.4 Å². The van der Waals surface area contributed by atoms with E-state index in [0.717, 1.165) is 5.56 Å². The summed E-state index contributed by atoms with van der Waals surface area (Å²) in [6.45, 7) is 3.62. The van der Waals surface area contributed by atoms with Gasteiger partial charge in [-0.05, 0) is 38.0 Å². The van der Waals surface area contributed by atoms with Crippen LogP contribution in [0.1, 0.15) is 25.8 Å². The summed E-state index contributed by atoms with van der Waals surface area (Å²) in [4.78, 5) is 19.3. The Balaban J connectivity index is 2.13. The van der Waals surface area contributed by atoms with Crippen molar-refractivity contribution in [3.8, 4) is 0 Å². The molecule has 6 nitrogen and oxygen atoms in total. The molecule has 2 atom stereocenters. The van der Waals surface area contributed by atoms with Gasteiger partial charge in [0, 0.05) is 17.8 Å². The predicted octanol–water partition coefficient (Wildman–Crippen LogP) is 2.41. The van der Waals surface area contributed by atoms with Crippen molar-refractivity contribution in [1.29, 1.82) is 5.41 Å². The maximum Gasteiger partial charge on any atom is 0.307 e. The molecule has 2 rings (SSSR count). The summed E-state index contributed by atoms with van der Waals surface area (Å²) in [6.07, 6.45) is 7.09. The summed E-state index contributed by atoms with van der Waals surface area (Å²) in [7, 11) is 0. The number of allylic oxidation sites excluding steroid dienone is 2. The Hall–Kier alpha value is -2.50. The lowest BCUT2D eigenvalue weighted by molar-refractivity contribution is -0.139. The number of pyridine rings is 1. The van der Waals surface area contributed by atoms with Gasteiger partial charge in [-0.2, -0.15) is 0 Å². The van der Waals surface area contributed by atoms with Crippen LogP contribution in [0.4, 0.5) is 0 Å². The first-order chi connectivity index (χ1) is 10.5. The van der Waals surface area contributed by atoms with E-state index in [2.05, 4.69) is 9.98 Å². The Bertz CT molecular complexity index is 625. The van der Waals surface area contributed by atoms with Crippen molar-refractivity contribution in [3.05, 3.63) is 41.9 Å². The minimum Gasteiger partial charge on any atom is -0.491 e. The second-order valence-electron chi connectivity index (χ2n) is 5.32. The highest BCUT2D eigenvalue weighted by molar-refractivity contribution is 5.90. The van der Waals surface area contributed by atoms with Crippen molar-refractivity contribution in [2.24, 2.45) is 10.9 Å². The van der Waals surface area contributed by atoms with E-state index in [-0.39, 0.29) is 12.4 Å². The number of carbonyl (C=O) groups is 1. The Kier molecular flexibility index (Phi) is 4.70. The molecule has 2 N–H and O–H groups in total. The lowest BCUT2D eigenvalue weighted by atomic mass is 9.95. The Morgan fingerprint density at radius 3 is 2.95 bits per heavy atom. The number of carboxylic acids is 1. The van der Waals surface area contributed by atoms with E-state index in [1.165, 1.54) is 6.21 Å². The van der Waals surface area contributed by atoms with Crippen molar-refractivity contribution in [2.45, 2.75) is 25.7 Å². The summed E-state index contributed by atoms with van der Waals surface area (Å²) >= 11 is 0. The van der Waals surface area contributed by atoms with Crippen LogP contribution in [0.25, 0.3) is 0 Å². The molecule has 1 aliphatic rings. The monoisotopic (exact) mass is 301 g/mol. The third-order valence-electron chi connectivity index (χ3n) is 3.78. The number of ether oxygens (including phenoxy) is 1. The highest BCUT2D eigenvalue weighted by Gasteiger charge is 2.60. The molecule has 0 aromatic carbocycles. The van der Waals surface area contributed by atoms with Crippen molar-refractivity contribution in [2.75, 3.05) is 6.61 Å². The van der Waals surface area contributed by atoms with Gasteiger partial charge in [-0.3, -0.25) is 15.2 Å². The number of aliphatic imine (C=N–C) groups is 1. The van der Waals surface area contributed by atoms with Gasteiger partial charge >= 0.3 is 5.97 Å². The lowest BCUT2D eigenvalue weighted by Gasteiger charge is -2.17. The molecule has 116 valence electrons. The smallest absolute Gasteiger partial charge is 0.307 e. The average molecular weight is 301 g/mol. The highest BCUT2D eigenvalue weighted by atomic mass is 16.5. The van der Waals surface area contributed by atoms with Crippen LogP contribution in [0.15, 0.2) is 41.4 Å². The standard InChI is InChI=1S/C16H19N3O3/c1-3-13(9-19-11(2)17)22-10-16(7-14(16)15(20)21)12-5-4-6-18-8-12/h3-6,8-9,14,17H,7,10H2,1-2H3,(H,20,21)/b13-3-,17-11?,19-9-. The maximum atomic E-state index is 11.3.